The summed E-state index contributed by atoms with van der Waals surface area (Å²) in [6.07, 6.45) is 3.08. The Bertz CT molecular complexity index is 759. The number of ether oxygens (including phenoxy) is 1. The first-order chi connectivity index (χ1) is 9.67. The molecule has 0 aliphatic heterocycles. The molecule has 0 bridgehead atoms. The van der Waals surface area contributed by atoms with Gasteiger partial charge in [-0.3, -0.25) is 9.20 Å². The number of fused-ring (bicyclic) bond motifs is 1. The summed E-state index contributed by atoms with van der Waals surface area (Å²) in [7, 11) is 1.41. The molecule has 0 spiro atoms. The van der Waals surface area contributed by atoms with Crippen molar-refractivity contribution >= 4 is 49.5 Å². The van der Waals surface area contributed by atoms with Gasteiger partial charge in [-0.2, -0.15) is 0 Å². The van der Waals surface area contributed by atoms with Crippen LogP contribution in [-0.2, 0) is 16.0 Å². The SMILES string of the molecule is COC(=O)CCc1csc2nc(-c3ccc(Br)s3)cn12. The number of esters is 1. The van der Waals surface area contributed by atoms with E-state index in [-0.39, 0.29) is 5.97 Å². The van der Waals surface area contributed by atoms with Crippen LogP contribution in [0.25, 0.3) is 15.5 Å². The Kier molecular flexibility index (Phi) is 3.91. The molecule has 0 aromatic carbocycles. The molecule has 3 heterocycles. The molecule has 0 atom stereocenters. The van der Waals surface area contributed by atoms with Gasteiger partial charge in [0.2, 0.25) is 0 Å². The Morgan fingerprint density at radius 1 is 1.50 bits per heavy atom. The number of aryl methyl sites for hydroxylation is 1. The lowest BCUT2D eigenvalue weighted by atomic mass is 10.2. The molecule has 4 nitrogen and oxygen atoms in total. The van der Waals surface area contributed by atoms with Gasteiger partial charge < -0.3 is 4.74 Å². The van der Waals surface area contributed by atoms with Gasteiger partial charge in [-0.25, -0.2) is 4.98 Å². The number of hydrogen-bond donors (Lipinski definition) is 0. The summed E-state index contributed by atoms with van der Waals surface area (Å²) in [6, 6.07) is 4.07. The molecular formula is C13H11BrN2O2S2. The molecule has 0 amide bonds. The van der Waals surface area contributed by atoms with Gasteiger partial charge in [0.25, 0.3) is 0 Å². The third-order valence-electron chi connectivity index (χ3n) is 2.92. The van der Waals surface area contributed by atoms with Crippen LogP contribution in [0.3, 0.4) is 0 Å². The van der Waals surface area contributed by atoms with Gasteiger partial charge in [-0.1, -0.05) is 0 Å². The van der Waals surface area contributed by atoms with E-state index < -0.39 is 0 Å². The van der Waals surface area contributed by atoms with E-state index in [1.165, 1.54) is 7.11 Å². The van der Waals surface area contributed by atoms with E-state index in [0.29, 0.717) is 12.8 Å². The van der Waals surface area contributed by atoms with E-state index in [4.69, 9.17) is 0 Å². The highest BCUT2D eigenvalue weighted by atomic mass is 79.9. The minimum absolute atomic E-state index is 0.188. The Morgan fingerprint density at radius 3 is 3.05 bits per heavy atom. The van der Waals surface area contributed by atoms with Gasteiger partial charge in [-0.05, 0) is 34.5 Å². The molecule has 3 aromatic heterocycles. The standard InChI is InChI=1S/C13H11BrN2O2S2/c1-18-12(17)5-2-8-7-19-13-15-9(6-16(8)13)10-3-4-11(14)20-10/h3-4,6-7H,2,5H2,1H3. The molecule has 20 heavy (non-hydrogen) atoms. The number of rotatable bonds is 4. The molecule has 0 aliphatic rings. The Hall–Kier alpha value is -1.18. The molecule has 0 radical (unpaired) electrons. The number of thiophene rings is 1. The number of carbonyl (C=O) groups excluding carboxylic acids is 1. The van der Waals surface area contributed by atoms with Crippen LogP contribution < -0.4 is 0 Å². The number of carbonyl (C=O) groups is 1. The van der Waals surface area contributed by atoms with Crippen LogP contribution in [0.5, 0.6) is 0 Å². The number of hydrogen-bond acceptors (Lipinski definition) is 5. The fourth-order valence-electron chi connectivity index (χ4n) is 1.91. The lowest BCUT2D eigenvalue weighted by Gasteiger charge is -1.98. The van der Waals surface area contributed by atoms with Crippen molar-refractivity contribution < 1.29 is 9.53 Å². The monoisotopic (exact) mass is 370 g/mol. The number of imidazole rings is 1. The molecular weight excluding hydrogens is 360 g/mol. The Morgan fingerprint density at radius 2 is 2.35 bits per heavy atom. The zero-order valence-corrected chi connectivity index (χ0v) is 13.8. The molecule has 7 heteroatoms. The van der Waals surface area contributed by atoms with Crippen LogP contribution in [0.1, 0.15) is 12.1 Å². The average Bonchev–Trinajstić information content (AvgIpc) is 3.11. The lowest BCUT2D eigenvalue weighted by molar-refractivity contribution is -0.140. The van der Waals surface area contributed by atoms with Crippen LogP contribution in [0, 0.1) is 0 Å². The van der Waals surface area contributed by atoms with E-state index in [9.17, 15) is 4.79 Å². The smallest absolute Gasteiger partial charge is 0.305 e. The minimum atomic E-state index is -0.188. The topological polar surface area (TPSA) is 43.6 Å². The van der Waals surface area contributed by atoms with Gasteiger partial charge in [0.1, 0.15) is 5.69 Å². The van der Waals surface area contributed by atoms with Crippen LogP contribution in [0.15, 0.2) is 27.5 Å². The van der Waals surface area contributed by atoms with Crippen molar-refractivity contribution in [3.8, 4) is 10.6 Å². The third-order valence-corrected chi connectivity index (χ3v) is 5.46. The number of aromatic nitrogens is 2. The maximum Gasteiger partial charge on any atom is 0.305 e. The highest BCUT2D eigenvalue weighted by molar-refractivity contribution is 9.11. The molecule has 0 aliphatic carbocycles. The summed E-state index contributed by atoms with van der Waals surface area (Å²) in [5.41, 5.74) is 2.05. The van der Waals surface area contributed by atoms with Crippen molar-refractivity contribution in [3.05, 3.63) is 33.2 Å². The van der Waals surface area contributed by atoms with Gasteiger partial charge in [0.05, 0.1) is 22.2 Å². The van der Waals surface area contributed by atoms with Crippen molar-refractivity contribution in [2.45, 2.75) is 12.8 Å². The number of methoxy groups -OCH3 is 1. The van der Waals surface area contributed by atoms with Gasteiger partial charge in [0, 0.05) is 17.3 Å². The maximum absolute atomic E-state index is 11.2. The second-order valence-corrected chi connectivity index (χ2v) is 7.49. The van der Waals surface area contributed by atoms with Crippen molar-refractivity contribution in [2.75, 3.05) is 7.11 Å². The van der Waals surface area contributed by atoms with Gasteiger partial charge in [-0.15, -0.1) is 22.7 Å². The predicted molar refractivity (Wildman–Crippen MR) is 84.4 cm³/mol. The van der Waals surface area contributed by atoms with Crippen LogP contribution in [0.4, 0.5) is 0 Å². The van der Waals surface area contributed by atoms with E-state index in [0.717, 1.165) is 25.0 Å². The lowest BCUT2D eigenvalue weighted by Crippen LogP contribution is -2.02. The first-order valence-electron chi connectivity index (χ1n) is 5.95. The fraction of sp³-hybridized carbons (Fsp3) is 0.231. The van der Waals surface area contributed by atoms with Crippen LogP contribution >= 0.6 is 38.6 Å². The molecule has 3 aromatic rings. The van der Waals surface area contributed by atoms with Crippen LogP contribution in [-0.4, -0.2) is 22.5 Å². The van der Waals surface area contributed by atoms with Crippen LogP contribution in [0.2, 0.25) is 0 Å². The highest BCUT2D eigenvalue weighted by Gasteiger charge is 2.12. The summed E-state index contributed by atoms with van der Waals surface area (Å²) < 4.78 is 7.82. The first-order valence-corrected chi connectivity index (χ1v) is 8.44. The summed E-state index contributed by atoms with van der Waals surface area (Å²) in [5, 5.41) is 2.04. The molecule has 3 rings (SSSR count). The number of thiazole rings is 1. The molecule has 0 N–H and O–H groups in total. The normalized spacial score (nSPS) is 11.1. The van der Waals surface area contributed by atoms with Crippen molar-refractivity contribution in [3.63, 3.8) is 0 Å². The molecule has 104 valence electrons. The quantitative estimate of drug-likeness (QED) is 0.652. The largest absolute Gasteiger partial charge is 0.469 e. The zero-order valence-electron chi connectivity index (χ0n) is 10.6. The van der Waals surface area contributed by atoms with E-state index >= 15 is 0 Å². The zero-order chi connectivity index (χ0) is 14.1. The maximum atomic E-state index is 11.2. The summed E-state index contributed by atoms with van der Waals surface area (Å²) in [6.45, 7) is 0. The summed E-state index contributed by atoms with van der Waals surface area (Å²) in [4.78, 5) is 17.9. The average molecular weight is 371 g/mol. The number of halogens is 1. The number of nitrogens with zero attached hydrogens (tertiary/aromatic N) is 2. The molecule has 0 fully saturated rings. The second-order valence-electron chi connectivity index (χ2n) is 4.19. The predicted octanol–water partition coefficient (Wildman–Crippen LogP) is 3.99. The molecule has 0 saturated carbocycles. The van der Waals surface area contributed by atoms with Gasteiger partial charge in [0.15, 0.2) is 4.96 Å². The highest BCUT2D eigenvalue weighted by Crippen LogP contribution is 2.32. The summed E-state index contributed by atoms with van der Waals surface area (Å²) >= 11 is 6.71. The van der Waals surface area contributed by atoms with E-state index in [1.807, 2.05) is 17.6 Å². The first kappa shape index (κ1) is 13.8. The minimum Gasteiger partial charge on any atom is -0.469 e. The molecule has 0 unspecified atom stereocenters. The van der Waals surface area contributed by atoms with E-state index in [1.54, 1.807) is 22.7 Å². The third kappa shape index (κ3) is 2.65. The van der Waals surface area contributed by atoms with Gasteiger partial charge >= 0.3 is 5.97 Å². The van der Waals surface area contributed by atoms with Crippen molar-refractivity contribution in [2.24, 2.45) is 0 Å². The Balaban J connectivity index is 1.88. The van der Waals surface area contributed by atoms with E-state index in [2.05, 4.69) is 36.1 Å². The van der Waals surface area contributed by atoms with Crippen molar-refractivity contribution in [1.82, 2.24) is 9.38 Å². The Labute approximate surface area is 132 Å². The van der Waals surface area contributed by atoms with Crippen molar-refractivity contribution in [1.29, 1.82) is 0 Å². The second kappa shape index (κ2) is 5.67. The summed E-state index contributed by atoms with van der Waals surface area (Å²) in [5.74, 6) is -0.188. The molecule has 0 saturated heterocycles. The fourth-order valence-corrected chi connectivity index (χ4v) is 4.16.